The fourth-order valence-electron chi connectivity index (χ4n) is 2.08. The van der Waals surface area contributed by atoms with Crippen molar-refractivity contribution in [1.82, 2.24) is 15.5 Å². The zero-order valence-electron chi connectivity index (χ0n) is 11.5. The van der Waals surface area contributed by atoms with Crippen LogP contribution in [-0.2, 0) is 9.53 Å². The lowest BCUT2D eigenvalue weighted by Crippen LogP contribution is -2.51. The van der Waals surface area contributed by atoms with Gasteiger partial charge in [-0.05, 0) is 27.7 Å². The van der Waals surface area contributed by atoms with E-state index < -0.39 is 6.03 Å². The molecular formula is C12H23N3O3. The molecule has 1 heterocycles. The number of nitrogens with one attached hydrogen (secondary N) is 2. The van der Waals surface area contributed by atoms with Gasteiger partial charge in [0.1, 0.15) is 0 Å². The molecule has 1 aliphatic heterocycles. The molecule has 0 bridgehead atoms. The molecule has 0 aromatic carbocycles. The van der Waals surface area contributed by atoms with Gasteiger partial charge >= 0.3 is 6.03 Å². The molecule has 104 valence electrons. The number of hydrogen-bond acceptors (Lipinski definition) is 4. The molecule has 0 aromatic rings. The van der Waals surface area contributed by atoms with Gasteiger partial charge in [0, 0.05) is 19.1 Å². The van der Waals surface area contributed by atoms with Crippen LogP contribution in [0.25, 0.3) is 0 Å². The third-order valence-corrected chi connectivity index (χ3v) is 2.54. The largest absolute Gasteiger partial charge is 0.373 e. The SMILES string of the molecule is CC(C)NC(=O)NC(=O)CN1C[C@@H](C)O[C@@H](C)C1. The number of rotatable bonds is 3. The molecule has 1 rings (SSSR count). The predicted octanol–water partition coefficient (Wildman–Crippen LogP) is 0.330. The van der Waals surface area contributed by atoms with Crippen LogP contribution in [0.1, 0.15) is 27.7 Å². The molecule has 0 unspecified atom stereocenters. The van der Waals surface area contributed by atoms with Crippen molar-refractivity contribution in [2.45, 2.75) is 45.9 Å². The minimum absolute atomic E-state index is 0.0150. The first kappa shape index (κ1) is 14.9. The Morgan fingerprint density at radius 1 is 1.28 bits per heavy atom. The second kappa shape index (κ2) is 6.70. The van der Waals surface area contributed by atoms with Gasteiger partial charge in [0.15, 0.2) is 0 Å². The van der Waals surface area contributed by atoms with E-state index in [0.717, 1.165) is 0 Å². The maximum absolute atomic E-state index is 11.7. The van der Waals surface area contributed by atoms with Gasteiger partial charge in [-0.3, -0.25) is 15.0 Å². The Morgan fingerprint density at radius 2 is 1.83 bits per heavy atom. The number of imide groups is 1. The molecule has 2 N–H and O–H groups in total. The average Bonchev–Trinajstić information content (AvgIpc) is 2.12. The molecule has 3 amide bonds. The summed E-state index contributed by atoms with van der Waals surface area (Å²) in [6, 6.07) is -0.425. The summed E-state index contributed by atoms with van der Waals surface area (Å²) in [5.74, 6) is -0.283. The lowest BCUT2D eigenvalue weighted by Gasteiger charge is -2.34. The van der Waals surface area contributed by atoms with Crippen molar-refractivity contribution in [3.8, 4) is 0 Å². The van der Waals surface area contributed by atoms with Gasteiger partial charge in [0.2, 0.25) is 5.91 Å². The predicted molar refractivity (Wildman–Crippen MR) is 68.3 cm³/mol. The van der Waals surface area contributed by atoms with Crippen molar-refractivity contribution in [1.29, 1.82) is 0 Å². The summed E-state index contributed by atoms with van der Waals surface area (Å²) in [5, 5.41) is 4.93. The number of nitrogens with zero attached hydrogens (tertiary/aromatic N) is 1. The second-order valence-corrected chi connectivity index (χ2v) is 5.13. The molecule has 6 nitrogen and oxygen atoms in total. The normalized spacial score (nSPS) is 24.9. The van der Waals surface area contributed by atoms with Gasteiger partial charge in [-0.2, -0.15) is 0 Å². The van der Waals surface area contributed by atoms with Crippen molar-refractivity contribution >= 4 is 11.9 Å². The first-order valence-electron chi connectivity index (χ1n) is 6.35. The van der Waals surface area contributed by atoms with Crippen molar-refractivity contribution in [3.05, 3.63) is 0 Å². The van der Waals surface area contributed by atoms with Crippen molar-refractivity contribution in [2.24, 2.45) is 0 Å². The maximum Gasteiger partial charge on any atom is 0.321 e. The number of amides is 3. The second-order valence-electron chi connectivity index (χ2n) is 5.13. The summed E-state index contributed by atoms with van der Waals surface area (Å²) in [5.41, 5.74) is 0. The van der Waals surface area contributed by atoms with Crippen LogP contribution < -0.4 is 10.6 Å². The first-order chi connectivity index (χ1) is 8.36. The summed E-state index contributed by atoms with van der Waals surface area (Å²) in [4.78, 5) is 25.0. The molecule has 18 heavy (non-hydrogen) atoms. The molecule has 6 heteroatoms. The van der Waals surface area contributed by atoms with Gasteiger partial charge in [-0.15, -0.1) is 0 Å². The Morgan fingerprint density at radius 3 is 2.33 bits per heavy atom. The van der Waals surface area contributed by atoms with E-state index in [9.17, 15) is 9.59 Å². The van der Waals surface area contributed by atoms with Gasteiger partial charge in [0.25, 0.3) is 0 Å². The minimum Gasteiger partial charge on any atom is -0.373 e. The summed E-state index contributed by atoms with van der Waals surface area (Å²) in [6.07, 6.45) is 0.233. The zero-order chi connectivity index (χ0) is 13.7. The maximum atomic E-state index is 11.7. The molecule has 1 aliphatic rings. The molecule has 0 spiro atoms. The van der Waals surface area contributed by atoms with Gasteiger partial charge < -0.3 is 10.1 Å². The molecule has 0 saturated carbocycles. The van der Waals surface area contributed by atoms with E-state index in [1.54, 1.807) is 0 Å². The Labute approximate surface area is 108 Å². The fraction of sp³-hybridized carbons (Fsp3) is 0.833. The van der Waals surface area contributed by atoms with Gasteiger partial charge in [0.05, 0.1) is 18.8 Å². The lowest BCUT2D eigenvalue weighted by atomic mass is 10.2. The number of carbonyl (C=O) groups excluding carboxylic acids is 2. The minimum atomic E-state index is -0.440. The summed E-state index contributed by atoms with van der Waals surface area (Å²) < 4.78 is 5.58. The lowest BCUT2D eigenvalue weighted by molar-refractivity contribution is -0.124. The number of ether oxygens (including phenoxy) is 1. The van der Waals surface area contributed by atoms with Gasteiger partial charge in [-0.1, -0.05) is 0 Å². The van der Waals surface area contributed by atoms with Crippen molar-refractivity contribution < 1.29 is 14.3 Å². The van der Waals surface area contributed by atoms with Crippen LogP contribution in [0.4, 0.5) is 4.79 Å². The van der Waals surface area contributed by atoms with E-state index in [1.807, 2.05) is 32.6 Å². The van der Waals surface area contributed by atoms with Crippen molar-refractivity contribution in [3.63, 3.8) is 0 Å². The molecular weight excluding hydrogens is 234 g/mol. The number of morpholine rings is 1. The number of urea groups is 1. The number of carbonyl (C=O) groups is 2. The third-order valence-electron chi connectivity index (χ3n) is 2.54. The Bertz CT molecular complexity index is 297. The van der Waals surface area contributed by atoms with Crippen LogP contribution in [0.3, 0.4) is 0 Å². The highest BCUT2D eigenvalue weighted by Gasteiger charge is 2.24. The molecule has 1 saturated heterocycles. The molecule has 0 aromatic heterocycles. The fourth-order valence-corrected chi connectivity index (χ4v) is 2.08. The van der Waals surface area contributed by atoms with Gasteiger partial charge in [-0.25, -0.2) is 4.79 Å². The molecule has 2 atom stereocenters. The van der Waals surface area contributed by atoms with Crippen LogP contribution in [0, 0.1) is 0 Å². The van der Waals surface area contributed by atoms with E-state index in [2.05, 4.69) is 10.6 Å². The summed E-state index contributed by atoms with van der Waals surface area (Å²) in [6.45, 7) is 9.29. The molecule has 0 radical (unpaired) electrons. The van der Waals surface area contributed by atoms with Crippen LogP contribution in [0.15, 0.2) is 0 Å². The summed E-state index contributed by atoms with van der Waals surface area (Å²) in [7, 11) is 0. The molecule has 0 aliphatic carbocycles. The highest BCUT2D eigenvalue weighted by atomic mass is 16.5. The summed E-state index contributed by atoms with van der Waals surface area (Å²) >= 11 is 0. The van der Waals surface area contributed by atoms with Crippen molar-refractivity contribution in [2.75, 3.05) is 19.6 Å². The Balaban J connectivity index is 2.33. The van der Waals surface area contributed by atoms with Crippen LogP contribution >= 0.6 is 0 Å². The van der Waals surface area contributed by atoms with E-state index in [1.165, 1.54) is 0 Å². The van der Waals surface area contributed by atoms with Crippen LogP contribution in [0.5, 0.6) is 0 Å². The average molecular weight is 257 g/mol. The Hall–Kier alpha value is -1.14. The van der Waals surface area contributed by atoms with Crippen LogP contribution in [0.2, 0.25) is 0 Å². The number of hydrogen-bond donors (Lipinski definition) is 2. The first-order valence-corrected chi connectivity index (χ1v) is 6.35. The highest BCUT2D eigenvalue weighted by Crippen LogP contribution is 2.09. The quantitative estimate of drug-likeness (QED) is 0.764. The van der Waals surface area contributed by atoms with E-state index >= 15 is 0 Å². The van der Waals surface area contributed by atoms with Crippen LogP contribution in [-0.4, -0.2) is 54.7 Å². The monoisotopic (exact) mass is 257 g/mol. The smallest absolute Gasteiger partial charge is 0.321 e. The topological polar surface area (TPSA) is 70.7 Å². The highest BCUT2D eigenvalue weighted by molar-refractivity contribution is 5.95. The zero-order valence-corrected chi connectivity index (χ0v) is 11.5. The third kappa shape index (κ3) is 5.46. The van der Waals surface area contributed by atoms with E-state index in [0.29, 0.717) is 13.1 Å². The van der Waals surface area contributed by atoms with E-state index in [4.69, 9.17) is 4.74 Å². The molecule has 1 fully saturated rings. The van der Waals surface area contributed by atoms with E-state index in [-0.39, 0.29) is 30.7 Å². The Kier molecular flexibility index (Phi) is 5.55. The standard InChI is InChI=1S/C12H23N3O3/c1-8(2)13-12(17)14-11(16)7-15-5-9(3)18-10(4)6-15/h8-10H,5-7H2,1-4H3,(H2,13,14,16,17)/t9-,10+.